The standard InChI is InChI=1S/C19H25N5O6S2/c1-13-18(14(2)22(4)20-13)32(28,29)24-9-5-8-23(10-11-24)31(26,27)15-6-7-17-16(12-15)21(3)19(25)30-17/h6-7,12H,5,8-11H2,1-4H3. The zero-order valence-electron chi connectivity index (χ0n) is 18.3. The summed E-state index contributed by atoms with van der Waals surface area (Å²) in [6.45, 7) is 3.78. The third-order valence-electron chi connectivity index (χ3n) is 5.85. The molecule has 0 saturated carbocycles. The molecule has 1 aliphatic heterocycles. The molecule has 0 radical (unpaired) electrons. The average molecular weight is 484 g/mol. The molecule has 3 aromatic rings. The molecule has 1 saturated heterocycles. The molecular formula is C19H25N5O6S2. The first-order valence-corrected chi connectivity index (χ1v) is 12.9. The van der Waals surface area contributed by atoms with Gasteiger partial charge in [-0.25, -0.2) is 21.6 Å². The van der Waals surface area contributed by atoms with E-state index in [2.05, 4.69) is 5.10 Å². The fourth-order valence-electron chi connectivity index (χ4n) is 4.02. The van der Waals surface area contributed by atoms with Crippen LogP contribution < -0.4 is 5.76 Å². The summed E-state index contributed by atoms with van der Waals surface area (Å²) >= 11 is 0. The Labute approximate surface area is 185 Å². The predicted octanol–water partition coefficient (Wildman–Crippen LogP) is 0.567. The quantitative estimate of drug-likeness (QED) is 0.531. The van der Waals surface area contributed by atoms with Crippen LogP contribution in [0.1, 0.15) is 17.8 Å². The van der Waals surface area contributed by atoms with Gasteiger partial charge in [0.25, 0.3) is 0 Å². The Balaban J connectivity index is 1.61. The van der Waals surface area contributed by atoms with Gasteiger partial charge in [-0.2, -0.15) is 13.7 Å². The lowest BCUT2D eigenvalue weighted by Crippen LogP contribution is -2.37. The van der Waals surface area contributed by atoms with Crippen LogP contribution in [0.5, 0.6) is 0 Å². The van der Waals surface area contributed by atoms with E-state index >= 15 is 0 Å². The Bertz CT molecular complexity index is 1470. The molecule has 0 N–H and O–H groups in total. The van der Waals surface area contributed by atoms with Gasteiger partial charge in [-0.1, -0.05) is 0 Å². The lowest BCUT2D eigenvalue weighted by molar-refractivity contribution is 0.404. The SMILES string of the molecule is Cc1nn(C)c(C)c1S(=O)(=O)N1CCCN(S(=O)(=O)c2ccc3oc(=O)n(C)c3c2)CC1. The van der Waals surface area contributed by atoms with Crippen molar-refractivity contribution >= 4 is 31.1 Å². The van der Waals surface area contributed by atoms with Gasteiger partial charge >= 0.3 is 5.76 Å². The molecule has 0 unspecified atom stereocenters. The van der Waals surface area contributed by atoms with Crippen molar-refractivity contribution in [3.8, 4) is 0 Å². The minimum absolute atomic E-state index is 0.0161. The van der Waals surface area contributed by atoms with Crippen molar-refractivity contribution in [3.05, 3.63) is 40.1 Å². The normalized spacial score (nSPS) is 17.1. The molecule has 32 heavy (non-hydrogen) atoms. The number of sulfonamides is 2. The molecule has 3 heterocycles. The van der Waals surface area contributed by atoms with Crippen LogP contribution in [0.3, 0.4) is 0 Å². The number of aryl methyl sites for hydroxylation is 3. The number of aromatic nitrogens is 3. The van der Waals surface area contributed by atoms with E-state index in [0.29, 0.717) is 28.9 Å². The Kier molecular flexibility index (Phi) is 5.56. The van der Waals surface area contributed by atoms with Gasteiger partial charge in [-0.05, 0) is 38.5 Å². The van der Waals surface area contributed by atoms with Gasteiger partial charge < -0.3 is 4.42 Å². The van der Waals surface area contributed by atoms with Crippen molar-refractivity contribution in [2.24, 2.45) is 14.1 Å². The summed E-state index contributed by atoms with van der Waals surface area (Å²) in [6.07, 6.45) is 0.350. The van der Waals surface area contributed by atoms with Crippen LogP contribution in [-0.2, 0) is 34.1 Å². The molecule has 4 rings (SSSR count). The first-order chi connectivity index (χ1) is 14.9. The maximum Gasteiger partial charge on any atom is 0.419 e. The van der Waals surface area contributed by atoms with Crippen LogP contribution in [0, 0.1) is 13.8 Å². The van der Waals surface area contributed by atoms with Crippen molar-refractivity contribution in [1.82, 2.24) is 23.0 Å². The minimum Gasteiger partial charge on any atom is -0.408 e. The highest BCUT2D eigenvalue weighted by Gasteiger charge is 2.34. The fourth-order valence-corrected chi connectivity index (χ4v) is 7.38. The molecule has 174 valence electrons. The van der Waals surface area contributed by atoms with Gasteiger partial charge in [0, 0.05) is 40.3 Å². The van der Waals surface area contributed by atoms with E-state index in [0.717, 1.165) is 0 Å². The van der Waals surface area contributed by atoms with Gasteiger partial charge in [0.1, 0.15) is 4.90 Å². The van der Waals surface area contributed by atoms with Crippen LogP contribution in [0.4, 0.5) is 0 Å². The topological polar surface area (TPSA) is 128 Å². The van der Waals surface area contributed by atoms with Crippen molar-refractivity contribution in [2.75, 3.05) is 26.2 Å². The van der Waals surface area contributed by atoms with Crippen LogP contribution in [0.25, 0.3) is 11.1 Å². The van der Waals surface area contributed by atoms with Gasteiger partial charge in [-0.15, -0.1) is 0 Å². The lowest BCUT2D eigenvalue weighted by atomic mass is 10.3. The summed E-state index contributed by atoms with van der Waals surface area (Å²) in [5.41, 5.74) is 1.62. The largest absolute Gasteiger partial charge is 0.419 e. The highest BCUT2D eigenvalue weighted by molar-refractivity contribution is 7.89. The Hall–Kier alpha value is -2.48. The number of hydrogen-bond acceptors (Lipinski definition) is 7. The smallest absolute Gasteiger partial charge is 0.408 e. The number of hydrogen-bond donors (Lipinski definition) is 0. The van der Waals surface area contributed by atoms with Gasteiger partial charge in [-0.3, -0.25) is 9.25 Å². The van der Waals surface area contributed by atoms with Crippen LogP contribution in [0.15, 0.2) is 37.2 Å². The number of rotatable bonds is 4. The molecule has 11 nitrogen and oxygen atoms in total. The summed E-state index contributed by atoms with van der Waals surface area (Å²) < 4.78 is 63.5. The monoisotopic (exact) mass is 483 g/mol. The molecule has 13 heteroatoms. The van der Waals surface area contributed by atoms with Gasteiger partial charge in [0.15, 0.2) is 5.58 Å². The van der Waals surface area contributed by atoms with Gasteiger partial charge in [0.05, 0.1) is 21.8 Å². The van der Waals surface area contributed by atoms with Crippen LogP contribution >= 0.6 is 0 Å². The van der Waals surface area contributed by atoms with E-state index in [4.69, 9.17) is 4.42 Å². The summed E-state index contributed by atoms with van der Waals surface area (Å²) in [5, 5.41) is 4.20. The molecule has 1 aliphatic rings. The molecule has 2 aromatic heterocycles. The molecule has 0 atom stereocenters. The second-order valence-corrected chi connectivity index (χ2v) is 11.7. The highest BCUT2D eigenvalue weighted by atomic mass is 32.2. The number of oxazole rings is 1. The third kappa shape index (κ3) is 3.58. The molecule has 1 aromatic carbocycles. The second kappa shape index (κ2) is 7.83. The summed E-state index contributed by atoms with van der Waals surface area (Å²) in [6, 6.07) is 4.24. The van der Waals surface area contributed by atoms with E-state index < -0.39 is 25.8 Å². The Morgan fingerprint density at radius 2 is 1.56 bits per heavy atom. The van der Waals surface area contributed by atoms with Crippen LogP contribution in [-0.4, -0.2) is 66.0 Å². The average Bonchev–Trinajstić information content (AvgIpc) is 3.02. The van der Waals surface area contributed by atoms with E-state index in [-0.39, 0.29) is 36.0 Å². The Morgan fingerprint density at radius 1 is 0.938 bits per heavy atom. The highest BCUT2D eigenvalue weighted by Crippen LogP contribution is 2.26. The molecule has 0 aliphatic carbocycles. The maximum atomic E-state index is 13.3. The number of benzene rings is 1. The summed E-state index contributed by atoms with van der Waals surface area (Å²) in [7, 11) is -4.52. The Morgan fingerprint density at radius 3 is 2.16 bits per heavy atom. The number of fused-ring (bicyclic) bond motifs is 1. The maximum absolute atomic E-state index is 13.3. The first-order valence-electron chi connectivity index (χ1n) is 10.0. The summed E-state index contributed by atoms with van der Waals surface area (Å²) in [5.74, 6) is -0.578. The molecule has 0 amide bonds. The second-order valence-electron chi connectivity index (χ2n) is 7.84. The number of nitrogens with zero attached hydrogens (tertiary/aromatic N) is 5. The lowest BCUT2D eigenvalue weighted by Gasteiger charge is -2.22. The van der Waals surface area contributed by atoms with E-state index in [9.17, 15) is 21.6 Å². The predicted molar refractivity (Wildman–Crippen MR) is 116 cm³/mol. The van der Waals surface area contributed by atoms with Crippen molar-refractivity contribution in [1.29, 1.82) is 0 Å². The molecule has 0 bridgehead atoms. The van der Waals surface area contributed by atoms with Gasteiger partial charge in [0.2, 0.25) is 20.0 Å². The zero-order valence-corrected chi connectivity index (χ0v) is 19.9. The summed E-state index contributed by atoms with van der Waals surface area (Å²) in [4.78, 5) is 11.9. The zero-order chi connectivity index (χ0) is 23.4. The fraction of sp³-hybridized carbons (Fsp3) is 0.474. The first kappa shape index (κ1) is 22.7. The van der Waals surface area contributed by atoms with Crippen LogP contribution in [0.2, 0.25) is 0 Å². The molecule has 1 fully saturated rings. The van der Waals surface area contributed by atoms with E-state index in [1.165, 1.54) is 43.1 Å². The molecular weight excluding hydrogens is 458 g/mol. The van der Waals surface area contributed by atoms with Crippen molar-refractivity contribution in [3.63, 3.8) is 0 Å². The van der Waals surface area contributed by atoms with Crippen molar-refractivity contribution < 1.29 is 21.3 Å². The van der Waals surface area contributed by atoms with E-state index in [1.54, 1.807) is 20.9 Å². The third-order valence-corrected chi connectivity index (χ3v) is 9.90. The minimum atomic E-state index is -3.89. The van der Waals surface area contributed by atoms with Crippen molar-refractivity contribution in [2.45, 2.75) is 30.1 Å². The van der Waals surface area contributed by atoms with E-state index in [1.807, 2.05) is 0 Å². The molecule has 0 spiro atoms.